The van der Waals surface area contributed by atoms with Crippen LogP contribution in [0.1, 0.15) is 63.4 Å². The minimum absolute atomic E-state index is 0.0523. The normalized spacial score (nSPS) is 15.0. The van der Waals surface area contributed by atoms with Gasteiger partial charge in [0.2, 0.25) is 0 Å². The number of hydrogen-bond acceptors (Lipinski definition) is 3. The molecule has 0 spiro atoms. The van der Waals surface area contributed by atoms with Gasteiger partial charge < -0.3 is 0 Å². The summed E-state index contributed by atoms with van der Waals surface area (Å²) in [6.07, 6.45) is -10.2. The summed E-state index contributed by atoms with van der Waals surface area (Å²) in [6, 6.07) is 5.79. The first-order chi connectivity index (χ1) is 20.5. The van der Waals surface area contributed by atoms with Crippen molar-refractivity contribution in [2.45, 2.75) is 117 Å². The van der Waals surface area contributed by atoms with Crippen LogP contribution < -0.4 is 0 Å². The first-order valence-corrected chi connectivity index (χ1v) is 14.5. The van der Waals surface area contributed by atoms with Crippen LogP contribution in [0.4, 0.5) is 74.6 Å². The predicted octanol–water partition coefficient (Wildman–Crippen LogP) is 10.2. The van der Waals surface area contributed by atoms with E-state index in [0.29, 0.717) is 19.3 Å². The lowest BCUT2D eigenvalue weighted by atomic mass is 9.87. The Labute approximate surface area is 251 Å². The topological polar surface area (TPSA) is 43.4 Å². The minimum atomic E-state index is -8.62. The Kier molecular flexibility index (Phi) is 13.0. The Balaban J connectivity index is 2.65. The van der Waals surface area contributed by atoms with Crippen LogP contribution in [0.15, 0.2) is 29.2 Å². The molecule has 1 rings (SSSR count). The molecule has 0 fully saturated rings. The van der Waals surface area contributed by atoms with Crippen LogP contribution in [0, 0.1) is 6.92 Å². The number of halogens is 17. The van der Waals surface area contributed by atoms with Crippen molar-refractivity contribution in [3.8, 4) is 0 Å². The molecule has 0 aromatic heterocycles. The quantitative estimate of drug-likeness (QED) is 0.0809. The molecule has 46 heavy (non-hydrogen) atoms. The number of unbranched alkanes of at least 4 members (excludes halogenated alkanes) is 7. The molecular formula is C25H27F17O3S. The molecule has 0 unspecified atom stereocenters. The molecule has 270 valence electrons. The number of alkyl halides is 17. The van der Waals surface area contributed by atoms with Gasteiger partial charge in [-0.1, -0.05) is 56.2 Å². The molecule has 0 saturated carbocycles. The molecule has 0 radical (unpaired) electrons. The molecule has 0 aliphatic carbocycles. The highest BCUT2D eigenvalue weighted by Crippen LogP contribution is 2.64. The van der Waals surface area contributed by atoms with Gasteiger partial charge in [0.1, 0.15) is 0 Å². The summed E-state index contributed by atoms with van der Waals surface area (Å²) in [7, 11) is -3.99. The zero-order valence-corrected chi connectivity index (χ0v) is 24.3. The van der Waals surface area contributed by atoms with Crippen molar-refractivity contribution in [2.24, 2.45) is 0 Å². The molecule has 0 amide bonds. The smallest absolute Gasteiger partial charge is 0.266 e. The van der Waals surface area contributed by atoms with E-state index in [0.717, 1.165) is 5.56 Å². The summed E-state index contributed by atoms with van der Waals surface area (Å²) in [5.74, 6) is -56.1. The van der Waals surface area contributed by atoms with Gasteiger partial charge in [0.25, 0.3) is 10.1 Å². The van der Waals surface area contributed by atoms with Crippen molar-refractivity contribution in [3.63, 3.8) is 0 Å². The lowest BCUT2D eigenvalue weighted by Gasteiger charge is -2.42. The van der Waals surface area contributed by atoms with E-state index >= 15 is 0 Å². The minimum Gasteiger partial charge on any atom is -0.266 e. The monoisotopic (exact) mass is 730 g/mol. The second kappa shape index (κ2) is 14.2. The standard InChI is InChI=1S/C25H27F17O3S/c1-16-10-12-17(13-11-16)46(43,44)45-15-9-7-5-3-2-4-6-8-14-18(26,27)19(28,29)20(30,31)21(32,33)22(34,35)23(36,37)24(38,39)25(40,41)42/h10-13H,2-9,14-15H2,1H3. The highest BCUT2D eigenvalue weighted by Gasteiger charge is 2.95. The average molecular weight is 731 g/mol. The molecule has 3 nitrogen and oxygen atoms in total. The molecule has 0 saturated heterocycles. The Bertz CT molecular complexity index is 1230. The fourth-order valence-electron chi connectivity index (χ4n) is 3.80. The van der Waals surface area contributed by atoms with E-state index in [1.807, 2.05) is 0 Å². The van der Waals surface area contributed by atoms with E-state index in [2.05, 4.69) is 0 Å². The highest BCUT2D eigenvalue weighted by atomic mass is 32.2. The van der Waals surface area contributed by atoms with Gasteiger partial charge >= 0.3 is 47.6 Å². The lowest BCUT2D eigenvalue weighted by molar-refractivity contribution is -0.461. The summed E-state index contributed by atoms with van der Waals surface area (Å²) >= 11 is 0. The molecule has 0 heterocycles. The Hall–Kier alpha value is -2.06. The first kappa shape index (κ1) is 42.0. The van der Waals surface area contributed by atoms with E-state index in [1.165, 1.54) is 12.1 Å². The second-order valence-corrected chi connectivity index (χ2v) is 11.9. The molecular weight excluding hydrogens is 703 g/mol. The zero-order valence-electron chi connectivity index (χ0n) is 23.4. The molecule has 0 aliphatic rings. The van der Waals surface area contributed by atoms with Gasteiger partial charge in [0.05, 0.1) is 11.5 Å². The Morgan fingerprint density at radius 1 is 0.500 bits per heavy atom. The predicted molar refractivity (Wildman–Crippen MR) is 127 cm³/mol. The maximum absolute atomic E-state index is 13.9. The van der Waals surface area contributed by atoms with Crippen LogP contribution >= 0.6 is 0 Å². The molecule has 0 atom stereocenters. The van der Waals surface area contributed by atoms with Crippen LogP contribution in [0.25, 0.3) is 0 Å². The zero-order chi connectivity index (χ0) is 36.3. The molecule has 1 aromatic rings. The number of hydrogen-bond donors (Lipinski definition) is 0. The fraction of sp³-hybridized carbons (Fsp3) is 0.760. The maximum atomic E-state index is 13.9. The van der Waals surface area contributed by atoms with Crippen molar-refractivity contribution in [1.29, 1.82) is 0 Å². The van der Waals surface area contributed by atoms with E-state index in [4.69, 9.17) is 4.18 Å². The maximum Gasteiger partial charge on any atom is 0.460 e. The molecule has 0 aliphatic heterocycles. The van der Waals surface area contributed by atoms with Gasteiger partial charge in [0.15, 0.2) is 0 Å². The second-order valence-electron chi connectivity index (χ2n) is 10.3. The summed E-state index contributed by atoms with van der Waals surface area (Å²) in [5.41, 5.74) is 0.812. The van der Waals surface area contributed by atoms with Gasteiger partial charge in [-0.2, -0.15) is 83.1 Å². The summed E-state index contributed by atoms with van der Waals surface area (Å²) in [5, 5.41) is 0. The van der Waals surface area contributed by atoms with Crippen molar-refractivity contribution in [1.82, 2.24) is 0 Å². The van der Waals surface area contributed by atoms with Crippen LogP contribution in [-0.2, 0) is 14.3 Å². The third-order valence-corrected chi connectivity index (χ3v) is 8.05. The van der Waals surface area contributed by atoms with E-state index in [1.54, 1.807) is 19.1 Å². The number of aryl methyl sites for hydroxylation is 1. The van der Waals surface area contributed by atoms with Crippen molar-refractivity contribution < 1.29 is 87.2 Å². The average Bonchev–Trinajstić information content (AvgIpc) is 2.90. The molecule has 0 N–H and O–H groups in total. The summed E-state index contributed by atoms with van der Waals surface area (Å²) in [4.78, 5) is -0.0658. The van der Waals surface area contributed by atoms with Crippen LogP contribution in [-0.4, -0.2) is 62.7 Å². The van der Waals surface area contributed by atoms with Crippen molar-refractivity contribution in [2.75, 3.05) is 6.61 Å². The van der Waals surface area contributed by atoms with Gasteiger partial charge in [-0.25, -0.2) is 0 Å². The van der Waals surface area contributed by atoms with Gasteiger partial charge in [-0.15, -0.1) is 0 Å². The summed E-state index contributed by atoms with van der Waals surface area (Å²) < 4.78 is 255. The first-order valence-electron chi connectivity index (χ1n) is 13.1. The van der Waals surface area contributed by atoms with Crippen LogP contribution in [0.5, 0.6) is 0 Å². The fourth-order valence-corrected chi connectivity index (χ4v) is 4.75. The Morgan fingerprint density at radius 2 is 0.848 bits per heavy atom. The molecule has 1 aromatic carbocycles. The molecule has 0 bridgehead atoms. The SMILES string of the molecule is Cc1ccc(S(=O)(=O)OCCCCCCCCCCC(F)(F)C(F)(F)C(F)(F)C(F)(F)C(F)(F)C(F)(F)C(F)(F)C(F)(F)F)cc1. The highest BCUT2D eigenvalue weighted by molar-refractivity contribution is 7.86. The summed E-state index contributed by atoms with van der Waals surface area (Å²) in [6.45, 7) is 1.56. The third-order valence-electron chi connectivity index (χ3n) is 6.72. The van der Waals surface area contributed by atoms with Gasteiger partial charge in [-0.05, 0) is 31.9 Å². The lowest BCUT2D eigenvalue weighted by Crippen LogP contribution is -2.74. The van der Waals surface area contributed by atoms with E-state index < -0.39 is 77.0 Å². The number of rotatable bonds is 19. The van der Waals surface area contributed by atoms with Gasteiger partial charge in [-0.3, -0.25) is 4.18 Å². The van der Waals surface area contributed by atoms with E-state index in [9.17, 15) is 83.1 Å². The van der Waals surface area contributed by atoms with Gasteiger partial charge in [0, 0.05) is 6.42 Å². The van der Waals surface area contributed by atoms with Crippen molar-refractivity contribution in [3.05, 3.63) is 29.8 Å². The van der Waals surface area contributed by atoms with E-state index in [-0.39, 0.29) is 30.8 Å². The third kappa shape index (κ3) is 8.14. The van der Waals surface area contributed by atoms with Crippen LogP contribution in [0.2, 0.25) is 0 Å². The number of benzene rings is 1. The Morgan fingerprint density at radius 3 is 1.26 bits per heavy atom. The van der Waals surface area contributed by atoms with Crippen molar-refractivity contribution >= 4 is 10.1 Å². The molecule has 21 heteroatoms. The largest absolute Gasteiger partial charge is 0.460 e. The van der Waals surface area contributed by atoms with Crippen LogP contribution in [0.3, 0.4) is 0 Å².